The number of carbonyl (C=O) groups excluding carboxylic acids is 1. The maximum absolute atomic E-state index is 13.2. The molecule has 2 aliphatic rings. The number of amides is 1. The fourth-order valence-corrected chi connectivity index (χ4v) is 5.88. The Labute approximate surface area is 195 Å². The second-order valence-electron chi connectivity index (χ2n) is 8.84. The number of nitrogens with one attached hydrogen (secondary N) is 2. The predicted molar refractivity (Wildman–Crippen MR) is 133 cm³/mol. The number of halogens is 1. The number of nitrogens with zero attached hydrogens (tertiary/aromatic N) is 1. The molecule has 0 radical (unpaired) electrons. The van der Waals surface area contributed by atoms with Crippen molar-refractivity contribution in [1.29, 1.82) is 0 Å². The number of anilines is 2. The maximum Gasteiger partial charge on any atom is 0.269 e. The molecule has 2 N–H and O–H groups in total. The molecule has 4 aromatic rings. The van der Waals surface area contributed by atoms with Gasteiger partial charge in [-0.1, -0.05) is 64.5 Å². The van der Waals surface area contributed by atoms with Gasteiger partial charge in [-0.2, -0.15) is 0 Å². The quantitative estimate of drug-likeness (QED) is 0.355. The third kappa shape index (κ3) is 2.40. The predicted octanol–water partition coefficient (Wildman–Crippen LogP) is 6.22. The molecule has 0 saturated heterocycles. The van der Waals surface area contributed by atoms with E-state index < -0.39 is 5.66 Å². The van der Waals surface area contributed by atoms with Gasteiger partial charge in [0.25, 0.3) is 5.91 Å². The second-order valence-corrected chi connectivity index (χ2v) is 9.75. The van der Waals surface area contributed by atoms with Gasteiger partial charge in [0.1, 0.15) is 5.66 Å². The summed E-state index contributed by atoms with van der Waals surface area (Å²) in [4.78, 5) is 13.2. The highest BCUT2D eigenvalue weighted by atomic mass is 79.9. The van der Waals surface area contributed by atoms with Gasteiger partial charge in [0.15, 0.2) is 0 Å². The Hall–Kier alpha value is -3.31. The molecule has 2 aliphatic heterocycles. The van der Waals surface area contributed by atoms with Crippen molar-refractivity contribution < 1.29 is 4.79 Å². The first-order chi connectivity index (χ1) is 15.4. The number of carbonyl (C=O) groups is 1. The van der Waals surface area contributed by atoms with Crippen molar-refractivity contribution in [2.24, 2.45) is 0 Å². The Kier molecular flexibility index (Phi) is 3.99. The average molecular weight is 484 g/mol. The van der Waals surface area contributed by atoms with E-state index >= 15 is 0 Å². The van der Waals surface area contributed by atoms with Gasteiger partial charge in [-0.3, -0.25) is 15.2 Å². The largest absolute Gasteiger partial charge is 0.360 e. The molecule has 158 valence electrons. The summed E-state index contributed by atoms with van der Waals surface area (Å²) in [5, 5.41) is 8.13. The van der Waals surface area contributed by atoms with Crippen LogP contribution in [0.1, 0.15) is 35.3 Å². The molecule has 0 spiro atoms. The van der Waals surface area contributed by atoms with E-state index in [-0.39, 0.29) is 11.3 Å². The summed E-state index contributed by atoms with van der Waals surface area (Å²) in [6.07, 6.45) is 0. The summed E-state index contributed by atoms with van der Waals surface area (Å²) >= 11 is 3.61. The second kappa shape index (κ2) is 6.59. The van der Waals surface area contributed by atoms with Crippen molar-refractivity contribution in [3.05, 3.63) is 106 Å². The molecule has 2 atom stereocenters. The molecule has 0 aromatic heterocycles. The highest BCUT2D eigenvalue weighted by Crippen LogP contribution is 2.61. The van der Waals surface area contributed by atoms with E-state index in [1.807, 2.05) is 41.4 Å². The molecule has 5 heteroatoms. The standard InChI is InChI=1S/C27H22BrN3O/c1-26-21-10-6-7-11-22(21)29-27(26,2)31(30-25(32)17-8-4-3-5-9-17)23-15-12-18-16-19(28)13-14-20(18)24(23)26/h3-16,29H,1-2H3,(H,30,32)/t26-,27+/m0/s1. The van der Waals surface area contributed by atoms with Crippen LogP contribution in [0.3, 0.4) is 0 Å². The molecule has 4 aromatic carbocycles. The third-order valence-electron chi connectivity index (χ3n) is 7.21. The highest BCUT2D eigenvalue weighted by Gasteiger charge is 2.63. The van der Waals surface area contributed by atoms with Crippen LogP contribution in [0.2, 0.25) is 0 Å². The highest BCUT2D eigenvalue weighted by molar-refractivity contribution is 9.10. The van der Waals surface area contributed by atoms with Crippen molar-refractivity contribution in [3.63, 3.8) is 0 Å². The van der Waals surface area contributed by atoms with Crippen LogP contribution in [-0.4, -0.2) is 11.6 Å². The zero-order valence-corrected chi connectivity index (χ0v) is 19.4. The normalized spacial score (nSPS) is 22.8. The fraction of sp³-hybridized carbons (Fsp3) is 0.148. The van der Waals surface area contributed by atoms with Crippen molar-refractivity contribution >= 4 is 44.0 Å². The lowest BCUT2D eigenvalue weighted by atomic mass is 9.71. The van der Waals surface area contributed by atoms with E-state index in [0.29, 0.717) is 5.56 Å². The van der Waals surface area contributed by atoms with Gasteiger partial charge in [-0.15, -0.1) is 0 Å². The Morgan fingerprint density at radius 1 is 0.938 bits per heavy atom. The van der Waals surface area contributed by atoms with E-state index in [4.69, 9.17) is 0 Å². The monoisotopic (exact) mass is 483 g/mol. The van der Waals surface area contributed by atoms with Crippen molar-refractivity contribution in [1.82, 2.24) is 5.43 Å². The van der Waals surface area contributed by atoms with Crippen LogP contribution >= 0.6 is 15.9 Å². The van der Waals surface area contributed by atoms with Crippen LogP contribution in [0.15, 0.2) is 89.4 Å². The van der Waals surface area contributed by atoms with Crippen molar-refractivity contribution in [2.45, 2.75) is 24.9 Å². The summed E-state index contributed by atoms with van der Waals surface area (Å²) in [5.74, 6) is -0.129. The molecule has 0 aliphatic carbocycles. The van der Waals surface area contributed by atoms with E-state index in [1.165, 1.54) is 21.9 Å². The lowest BCUT2D eigenvalue weighted by Crippen LogP contribution is -2.62. The number of hydrazine groups is 1. The Balaban J connectivity index is 1.60. The van der Waals surface area contributed by atoms with Gasteiger partial charge < -0.3 is 5.32 Å². The average Bonchev–Trinajstić information content (AvgIpc) is 3.15. The number of hydrogen-bond donors (Lipinski definition) is 2. The minimum absolute atomic E-state index is 0.129. The first-order valence-corrected chi connectivity index (χ1v) is 11.5. The van der Waals surface area contributed by atoms with Crippen molar-refractivity contribution in [3.8, 4) is 0 Å². The maximum atomic E-state index is 13.2. The molecule has 0 fully saturated rings. The first kappa shape index (κ1) is 19.4. The SMILES string of the molecule is C[C@@]12c3ccccc3N[C@]1(C)N(NC(=O)c1ccccc1)c1ccc3cc(Br)ccc3c12. The number of rotatable bonds is 2. The summed E-state index contributed by atoms with van der Waals surface area (Å²) < 4.78 is 1.05. The van der Waals surface area contributed by atoms with Crippen LogP contribution in [0, 0.1) is 0 Å². The minimum atomic E-state index is -0.579. The van der Waals surface area contributed by atoms with Crippen molar-refractivity contribution in [2.75, 3.05) is 10.3 Å². The Morgan fingerprint density at radius 2 is 1.69 bits per heavy atom. The number of para-hydroxylation sites is 1. The zero-order valence-electron chi connectivity index (χ0n) is 17.8. The fourth-order valence-electron chi connectivity index (χ4n) is 5.50. The van der Waals surface area contributed by atoms with Gasteiger partial charge in [-0.25, -0.2) is 0 Å². The molecule has 0 saturated carbocycles. The van der Waals surface area contributed by atoms with Crippen LogP contribution < -0.4 is 15.8 Å². The smallest absolute Gasteiger partial charge is 0.269 e. The molecule has 1 amide bonds. The molecular formula is C27H22BrN3O. The summed E-state index contributed by atoms with van der Waals surface area (Å²) in [7, 11) is 0. The lowest BCUT2D eigenvalue weighted by molar-refractivity contribution is 0.0936. The minimum Gasteiger partial charge on any atom is -0.360 e. The molecule has 6 rings (SSSR count). The van der Waals surface area contributed by atoms with Crippen LogP contribution in [0.25, 0.3) is 10.8 Å². The van der Waals surface area contributed by atoms with E-state index in [2.05, 4.69) is 89.1 Å². The Morgan fingerprint density at radius 3 is 2.50 bits per heavy atom. The molecule has 2 heterocycles. The van der Waals surface area contributed by atoms with Gasteiger partial charge >= 0.3 is 0 Å². The van der Waals surface area contributed by atoms with E-state index in [9.17, 15) is 4.79 Å². The molecular weight excluding hydrogens is 462 g/mol. The lowest BCUT2D eigenvalue weighted by Gasteiger charge is -2.42. The third-order valence-corrected chi connectivity index (χ3v) is 7.71. The van der Waals surface area contributed by atoms with Crippen LogP contribution in [0.4, 0.5) is 11.4 Å². The number of benzene rings is 4. The van der Waals surface area contributed by atoms with Gasteiger partial charge in [0.05, 0.1) is 11.1 Å². The number of hydrogen-bond acceptors (Lipinski definition) is 3. The molecule has 32 heavy (non-hydrogen) atoms. The molecule has 0 bridgehead atoms. The first-order valence-electron chi connectivity index (χ1n) is 10.7. The Bertz CT molecular complexity index is 1400. The van der Waals surface area contributed by atoms with E-state index in [0.717, 1.165) is 15.8 Å². The van der Waals surface area contributed by atoms with Gasteiger partial charge in [0, 0.05) is 15.7 Å². The molecule has 4 nitrogen and oxygen atoms in total. The van der Waals surface area contributed by atoms with Crippen LogP contribution in [-0.2, 0) is 5.41 Å². The number of fused-ring (bicyclic) bond motifs is 7. The zero-order chi connectivity index (χ0) is 22.1. The van der Waals surface area contributed by atoms with Gasteiger partial charge in [-0.05, 0) is 72.1 Å². The molecule has 0 unspecified atom stereocenters. The summed E-state index contributed by atoms with van der Waals surface area (Å²) in [6, 6.07) is 28.4. The van der Waals surface area contributed by atoms with E-state index in [1.54, 1.807) is 0 Å². The summed E-state index contributed by atoms with van der Waals surface area (Å²) in [5.41, 5.74) is 7.45. The van der Waals surface area contributed by atoms with Gasteiger partial charge in [0.2, 0.25) is 0 Å². The summed E-state index contributed by atoms with van der Waals surface area (Å²) in [6.45, 7) is 4.45. The topological polar surface area (TPSA) is 44.4 Å². The van der Waals surface area contributed by atoms with Crippen LogP contribution in [0.5, 0.6) is 0 Å².